The van der Waals surface area contributed by atoms with Gasteiger partial charge in [-0.1, -0.05) is 34.1 Å². The molecule has 0 unspecified atom stereocenters. The third-order valence-corrected chi connectivity index (χ3v) is 5.60. The Hall–Kier alpha value is -2.14. The van der Waals surface area contributed by atoms with Crippen molar-refractivity contribution < 1.29 is 14.3 Å². The van der Waals surface area contributed by atoms with Crippen LogP contribution in [-0.2, 0) is 16.1 Å². The summed E-state index contributed by atoms with van der Waals surface area (Å²) in [5, 5.41) is 12.1. The average Bonchev–Trinajstić information content (AvgIpc) is 3.24. The first-order valence-corrected chi connectivity index (χ1v) is 10.8. The number of nitrogens with zero attached hydrogens (tertiary/aromatic N) is 1. The van der Waals surface area contributed by atoms with E-state index in [-0.39, 0.29) is 11.7 Å². The van der Waals surface area contributed by atoms with Crippen LogP contribution in [0.15, 0.2) is 57.0 Å². The Kier molecular flexibility index (Phi) is 7.87. The Balaban J connectivity index is 1.61. The molecule has 1 fully saturated rings. The van der Waals surface area contributed by atoms with Crippen molar-refractivity contribution in [3.63, 3.8) is 0 Å². The highest BCUT2D eigenvalue weighted by molar-refractivity contribution is 9.10. The van der Waals surface area contributed by atoms with E-state index in [9.17, 15) is 10.1 Å². The van der Waals surface area contributed by atoms with E-state index in [0.29, 0.717) is 18.9 Å². The zero-order valence-corrected chi connectivity index (χ0v) is 18.8. The van der Waals surface area contributed by atoms with Gasteiger partial charge in [0.2, 0.25) is 0 Å². The Labute approximate surface area is 187 Å². The number of carbonyl (C=O) groups is 1. The molecule has 0 aromatic heterocycles. The average molecular weight is 520 g/mol. The summed E-state index contributed by atoms with van der Waals surface area (Å²) in [6.45, 7) is 1.59. The maximum absolute atomic E-state index is 12.3. The molecule has 1 saturated heterocycles. The first-order chi connectivity index (χ1) is 14.0. The van der Waals surface area contributed by atoms with Crippen LogP contribution in [0.4, 0.5) is 0 Å². The monoisotopic (exact) mass is 518 g/mol. The highest BCUT2D eigenvalue weighted by Gasteiger charge is 2.17. The second-order valence-corrected chi connectivity index (χ2v) is 8.39. The lowest BCUT2D eigenvalue weighted by molar-refractivity contribution is -0.117. The summed E-state index contributed by atoms with van der Waals surface area (Å²) in [6, 6.07) is 15.3. The minimum atomic E-state index is -0.394. The van der Waals surface area contributed by atoms with Gasteiger partial charge >= 0.3 is 0 Å². The van der Waals surface area contributed by atoms with Crippen LogP contribution in [0.1, 0.15) is 24.0 Å². The highest BCUT2D eigenvalue weighted by atomic mass is 79.9. The molecule has 0 spiro atoms. The number of hydrogen-bond donors (Lipinski definition) is 1. The van der Waals surface area contributed by atoms with Crippen LogP contribution in [-0.4, -0.2) is 25.2 Å². The largest absolute Gasteiger partial charge is 0.488 e. The molecule has 1 N–H and O–H groups in total. The van der Waals surface area contributed by atoms with Gasteiger partial charge < -0.3 is 14.8 Å². The Morgan fingerprint density at radius 3 is 2.72 bits per heavy atom. The SMILES string of the molecule is N#C/C(=C\c1ccc(OCc2ccc(Br)cc2)c(Br)c1)C(=O)NC[C@H]1CCCO1. The van der Waals surface area contributed by atoms with E-state index in [1.165, 1.54) is 0 Å². The second-order valence-electron chi connectivity index (χ2n) is 6.62. The van der Waals surface area contributed by atoms with Gasteiger partial charge in [-0.15, -0.1) is 0 Å². The van der Waals surface area contributed by atoms with E-state index in [1.807, 2.05) is 48.5 Å². The summed E-state index contributed by atoms with van der Waals surface area (Å²) in [5.41, 5.74) is 1.84. The molecule has 0 bridgehead atoms. The summed E-state index contributed by atoms with van der Waals surface area (Å²) < 4.78 is 13.1. The van der Waals surface area contributed by atoms with Crippen LogP contribution in [0, 0.1) is 11.3 Å². The highest BCUT2D eigenvalue weighted by Crippen LogP contribution is 2.28. The molecule has 7 heteroatoms. The smallest absolute Gasteiger partial charge is 0.262 e. The standard InChI is InChI=1S/C22H20Br2N2O3/c23-18-6-3-15(4-7-18)14-29-21-8-5-16(11-20(21)24)10-17(12-25)22(27)26-13-19-2-1-9-28-19/h3-8,10-11,19H,1-2,9,13-14H2,(H,26,27)/b17-10+/t19-/m1/s1. The number of ether oxygens (including phenoxy) is 2. The molecule has 2 aromatic carbocycles. The molecule has 29 heavy (non-hydrogen) atoms. The van der Waals surface area contributed by atoms with E-state index in [1.54, 1.807) is 6.08 Å². The minimum Gasteiger partial charge on any atom is -0.488 e. The number of hydrogen-bond acceptors (Lipinski definition) is 4. The van der Waals surface area contributed by atoms with Gasteiger partial charge in [0.05, 0.1) is 10.6 Å². The summed E-state index contributed by atoms with van der Waals surface area (Å²) in [5.74, 6) is 0.293. The molecule has 1 aliphatic rings. The molecule has 1 atom stereocenters. The zero-order valence-electron chi connectivity index (χ0n) is 15.7. The molecule has 5 nitrogen and oxygen atoms in total. The third-order valence-electron chi connectivity index (χ3n) is 4.45. The maximum Gasteiger partial charge on any atom is 0.262 e. The Morgan fingerprint density at radius 2 is 2.07 bits per heavy atom. The lowest BCUT2D eigenvalue weighted by Crippen LogP contribution is -2.32. The molecule has 2 aromatic rings. The Bertz CT molecular complexity index is 930. The van der Waals surface area contributed by atoms with E-state index in [0.717, 1.165) is 39.5 Å². The number of benzene rings is 2. The van der Waals surface area contributed by atoms with Crippen molar-refractivity contribution in [2.75, 3.05) is 13.2 Å². The third kappa shape index (κ3) is 6.43. The number of halogens is 2. The minimum absolute atomic E-state index is 0.0372. The summed E-state index contributed by atoms with van der Waals surface area (Å²) in [7, 11) is 0. The fraction of sp³-hybridized carbons (Fsp3) is 0.273. The van der Waals surface area contributed by atoms with Gasteiger partial charge in [-0.05, 0) is 70.2 Å². The van der Waals surface area contributed by atoms with Crippen LogP contribution < -0.4 is 10.1 Å². The topological polar surface area (TPSA) is 71.3 Å². The van der Waals surface area contributed by atoms with Crippen LogP contribution in [0.2, 0.25) is 0 Å². The summed E-state index contributed by atoms with van der Waals surface area (Å²) in [6.07, 6.45) is 3.54. The van der Waals surface area contributed by atoms with Gasteiger partial charge in [0.15, 0.2) is 0 Å². The van der Waals surface area contributed by atoms with Crippen LogP contribution in [0.3, 0.4) is 0 Å². The van der Waals surface area contributed by atoms with Gasteiger partial charge in [0, 0.05) is 17.6 Å². The first-order valence-electron chi connectivity index (χ1n) is 9.23. The maximum atomic E-state index is 12.3. The molecule has 1 aliphatic heterocycles. The number of rotatable bonds is 7. The predicted molar refractivity (Wildman–Crippen MR) is 118 cm³/mol. The number of nitrogens with one attached hydrogen (secondary N) is 1. The van der Waals surface area contributed by atoms with Crippen molar-refractivity contribution in [2.24, 2.45) is 0 Å². The van der Waals surface area contributed by atoms with Gasteiger partial charge in [0.1, 0.15) is 24.0 Å². The van der Waals surface area contributed by atoms with Crippen LogP contribution in [0.5, 0.6) is 5.75 Å². The zero-order chi connectivity index (χ0) is 20.6. The fourth-order valence-corrected chi connectivity index (χ4v) is 3.66. The van der Waals surface area contributed by atoms with Crippen molar-refractivity contribution in [2.45, 2.75) is 25.6 Å². The van der Waals surface area contributed by atoms with Gasteiger partial charge in [-0.3, -0.25) is 4.79 Å². The fourth-order valence-electron chi connectivity index (χ4n) is 2.89. The van der Waals surface area contributed by atoms with Crippen molar-refractivity contribution in [1.82, 2.24) is 5.32 Å². The molecular weight excluding hydrogens is 500 g/mol. The van der Waals surface area contributed by atoms with Crippen LogP contribution >= 0.6 is 31.9 Å². The molecule has 1 amide bonds. The summed E-state index contributed by atoms with van der Waals surface area (Å²) in [4.78, 5) is 12.3. The lowest BCUT2D eigenvalue weighted by atomic mass is 10.1. The predicted octanol–water partition coefficient (Wildman–Crippen LogP) is 4.99. The van der Waals surface area contributed by atoms with Gasteiger partial charge in [-0.2, -0.15) is 5.26 Å². The van der Waals surface area contributed by atoms with Crippen molar-refractivity contribution >= 4 is 43.8 Å². The van der Waals surface area contributed by atoms with Crippen molar-refractivity contribution in [3.05, 3.63) is 68.1 Å². The van der Waals surface area contributed by atoms with Gasteiger partial charge in [-0.25, -0.2) is 0 Å². The quantitative estimate of drug-likeness (QED) is 0.413. The lowest BCUT2D eigenvalue weighted by Gasteiger charge is -2.11. The molecule has 3 rings (SSSR count). The molecule has 0 aliphatic carbocycles. The number of carbonyl (C=O) groups excluding carboxylic acids is 1. The number of nitriles is 1. The summed E-state index contributed by atoms with van der Waals surface area (Å²) >= 11 is 6.91. The van der Waals surface area contributed by atoms with E-state index in [4.69, 9.17) is 9.47 Å². The molecular formula is C22H20Br2N2O3. The first kappa shape index (κ1) is 21.6. The molecule has 0 radical (unpaired) electrons. The Morgan fingerprint density at radius 1 is 1.28 bits per heavy atom. The second kappa shape index (κ2) is 10.6. The molecule has 0 saturated carbocycles. The van der Waals surface area contributed by atoms with E-state index in [2.05, 4.69) is 37.2 Å². The number of amides is 1. The van der Waals surface area contributed by atoms with Crippen molar-refractivity contribution in [3.8, 4) is 11.8 Å². The molecule has 150 valence electrons. The molecule has 1 heterocycles. The van der Waals surface area contributed by atoms with E-state index < -0.39 is 5.91 Å². The van der Waals surface area contributed by atoms with Crippen molar-refractivity contribution in [1.29, 1.82) is 5.26 Å². The van der Waals surface area contributed by atoms with E-state index >= 15 is 0 Å². The van der Waals surface area contributed by atoms with Crippen LogP contribution in [0.25, 0.3) is 6.08 Å². The normalized spacial score (nSPS) is 16.3. The van der Waals surface area contributed by atoms with Gasteiger partial charge in [0.25, 0.3) is 5.91 Å².